The summed E-state index contributed by atoms with van der Waals surface area (Å²) < 4.78 is 36.1. The summed E-state index contributed by atoms with van der Waals surface area (Å²) in [6.07, 6.45) is -1.88. The minimum Gasteiger partial charge on any atom is -0.491 e. The van der Waals surface area contributed by atoms with Gasteiger partial charge in [0.2, 0.25) is 9.84 Å². The second-order valence-electron chi connectivity index (χ2n) is 5.83. The largest absolute Gasteiger partial charge is 0.491 e. The molecule has 0 amide bonds. The Hall–Kier alpha value is -1.55. The Morgan fingerprint density at radius 2 is 1.54 bits per heavy atom. The Morgan fingerprint density at radius 3 is 2.11 bits per heavy atom. The molecule has 0 fully saturated rings. The maximum Gasteiger partial charge on any atom is 0.206 e. The van der Waals surface area contributed by atoms with Gasteiger partial charge >= 0.3 is 0 Å². The average molecular weight is 451 g/mol. The van der Waals surface area contributed by atoms with Crippen LogP contribution in [0.1, 0.15) is 0 Å². The van der Waals surface area contributed by atoms with Crippen LogP contribution in [0.2, 0.25) is 5.02 Å². The van der Waals surface area contributed by atoms with E-state index in [0.717, 1.165) is 0 Å². The fourth-order valence-electron chi connectivity index (χ4n) is 2.09. The van der Waals surface area contributed by atoms with Crippen molar-refractivity contribution in [2.24, 2.45) is 0 Å². The van der Waals surface area contributed by atoms with Crippen molar-refractivity contribution in [1.29, 1.82) is 0 Å². The van der Waals surface area contributed by atoms with Crippen LogP contribution < -0.4 is 9.47 Å². The highest BCUT2D eigenvalue weighted by Gasteiger charge is 2.20. The molecule has 0 heterocycles. The number of benzene rings is 2. The molecular formula is C18H20Cl2O7S. The monoisotopic (exact) mass is 450 g/mol. The number of halogens is 2. The lowest BCUT2D eigenvalue weighted by molar-refractivity contribution is 0.0536. The number of sulfone groups is 1. The van der Waals surface area contributed by atoms with Gasteiger partial charge in [-0.25, -0.2) is 8.42 Å². The van der Waals surface area contributed by atoms with Crippen LogP contribution in [-0.4, -0.2) is 61.6 Å². The zero-order chi connectivity index (χ0) is 20.7. The van der Waals surface area contributed by atoms with Gasteiger partial charge in [0.05, 0.1) is 27.3 Å². The summed E-state index contributed by atoms with van der Waals surface area (Å²) in [5.74, 6) is 0.588. The van der Waals surface area contributed by atoms with Gasteiger partial charge in [0, 0.05) is 0 Å². The van der Waals surface area contributed by atoms with E-state index in [0.29, 0.717) is 5.75 Å². The zero-order valence-corrected chi connectivity index (χ0v) is 17.0. The van der Waals surface area contributed by atoms with Crippen LogP contribution in [0.5, 0.6) is 11.5 Å². The molecule has 0 aliphatic heterocycles. The fraction of sp³-hybridized carbons (Fsp3) is 0.333. The van der Waals surface area contributed by atoms with Crippen LogP contribution in [0.4, 0.5) is 0 Å². The predicted octanol–water partition coefficient (Wildman–Crippen LogP) is 1.88. The highest BCUT2D eigenvalue weighted by molar-refractivity contribution is 7.91. The number of hydrogen-bond acceptors (Lipinski definition) is 7. The molecule has 0 aromatic heterocycles. The van der Waals surface area contributed by atoms with Crippen LogP contribution in [0, 0.1) is 0 Å². The van der Waals surface area contributed by atoms with Crippen molar-refractivity contribution < 1.29 is 33.2 Å². The van der Waals surface area contributed by atoms with E-state index in [1.165, 1.54) is 42.5 Å². The maximum atomic E-state index is 12.8. The van der Waals surface area contributed by atoms with E-state index in [-0.39, 0.29) is 39.7 Å². The molecule has 0 aliphatic carbocycles. The van der Waals surface area contributed by atoms with Crippen LogP contribution in [-0.2, 0) is 9.84 Å². The molecule has 0 bridgehead atoms. The Balaban J connectivity index is 2.14. The molecular weight excluding hydrogens is 431 g/mol. The molecule has 0 saturated heterocycles. The van der Waals surface area contributed by atoms with Gasteiger partial charge < -0.3 is 24.8 Å². The van der Waals surface area contributed by atoms with Crippen molar-refractivity contribution in [2.45, 2.75) is 22.0 Å². The van der Waals surface area contributed by atoms with Crippen LogP contribution >= 0.6 is 23.2 Å². The second kappa shape index (κ2) is 10.3. The molecule has 2 atom stereocenters. The number of hydrogen-bond donors (Lipinski definition) is 3. The van der Waals surface area contributed by atoms with Gasteiger partial charge in [-0.3, -0.25) is 0 Å². The Morgan fingerprint density at radius 1 is 0.929 bits per heavy atom. The van der Waals surface area contributed by atoms with Gasteiger partial charge in [0.25, 0.3) is 0 Å². The van der Waals surface area contributed by atoms with Crippen molar-refractivity contribution in [1.82, 2.24) is 0 Å². The van der Waals surface area contributed by atoms with Gasteiger partial charge in [-0.15, -0.1) is 11.6 Å². The summed E-state index contributed by atoms with van der Waals surface area (Å²) in [6.45, 7) is -0.613. The lowest BCUT2D eigenvalue weighted by Crippen LogP contribution is -2.21. The third-order valence-electron chi connectivity index (χ3n) is 3.61. The maximum absolute atomic E-state index is 12.8. The Labute approximate surface area is 173 Å². The van der Waals surface area contributed by atoms with Crippen molar-refractivity contribution in [2.75, 3.05) is 25.7 Å². The molecule has 10 heteroatoms. The summed E-state index contributed by atoms with van der Waals surface area (Å²) in [4.78, 5) is 0.0111. The second-order valence-corrected chi connectivity index (χ2v) is 8.50. The van der Waals surface area contributed by atoms with E-state index < -0.39 is 28.7 Å². The number of alkyl halides is 1. The fourth-order valence-corrected chi connectivity index (χ4v) is 3.77. The quantitative estimate of drug-likeness (QED) is 0.473. The number of aliphatic hydroxyl groups is 3. The number of aliphatic hydroxyl groups excluding tert-OH is 3. The SMILES string of the molecule is O=S(=O)(c1ccc(OC[C@@H](O)CO)cc1)c1ccc(OC[C@H](O)CCl)c(Cl)c1. The first kappa shape index (κ1) is 22.7. The molecule has 2 aromatic carbocycles. The van der Waals surface area contributed by atoms with Crippen molar-refractivity contribution in [3.63, 3.8) is 0 Å². The summed E-state index contributed by atoms with van der Waals surface area (Å²) in [5.41, 5.74) is 0. The normalized spacial score (nSPS) is 13.8. The molecule has 0 radical (unpaired) electrons. The first-order valence-electron chi connectivity index (χ1n) is 8.21. The lowest BCUT2D eigenvalue weighted by atomic mass is 10.3. The molecule has 2 rings (SSSR count). The first-order valence-corrected chi connectivity index (χ1v) is 10.6. The average Bonchev–Trinajstić information content (AvgIpc) is 2.70. The van der Waals surface area contributed by atoms with Crippen molar-refractivity contribution >= 4 is 33.0 Å². The Kier molecular flexibility index (Phi) is 8.36. The topological polar surface area (TPSA) is 113 Å². The van der Waals surface area contributed by atoms with E-state index in [1.54, 1.807) is 0 Å². The molecule has 0 aliphatic rings. The molecule has 0 spiro atoms. The standard InChI is InChI=1S/C18H20Cl2O7S/c19-8-12(22)10-27-18-6-5-16(7-17(18)20)28(24,25)15-3-1-14(2-4-15)26-11-13(23)9-21/h1-7,12-13,21-23H,8-11H2/t12-,13+/m1/s1. The van der Waals surface area contributed by atoms with E-state index in [4.69, 9.17) is 37.8 Å². The molecule has 28 heavy (non-hydrogen) atoms. The van der Waals surface area contributed by atoms with Crippen LogP contribution in [0.25, 0.3) is 0 Å². The van der Waals surface area contributed by atoms with E-state index in [1.807, 2.05) is 0 Å². The van der Waals surface area contributed by atoms with E-state index in [9.17, 15) is 18.6 Å². The molecule has 2 aromatic rings. The number of rotatable bonds is 10. The predicted molar refractivity (Wildman–Crippen MR) is 104 cm³/mol. The summed E-state index contributed by atoms with van der Waals surface area (Å²) in [7, 11) is -3.82. The minimum atomic E-state index is -3.82. The molecule has 3 N–H and O–H groups in total. The van der Waals surface area contributed by atoms with Gasteiger partial charge in [-0.05, 0) is 42.5 Å². The minimum absolute atomic E-state index is 0.00273. The highest BCUT2D eigenvalue weighted by atomic mass is 35.5. The molecule has 154 valence electrons. The third-order valence-corrected chi connectivity index (χ3v) is 6.03. The van der Waals surface area contributed by atoms with E-state index >= 15 is 0 Å². The van der Waals surface area contributed by atoms with Crippen molar-refractivity contribution in [3.05, 3.63) is 47.5 Å². The summed E-state index contributed by atoms with van der Waals surface area (Å²) >= 11 is 11.6. The summed E-state index contributed by atoms with van der Waals surface area (Å²) in [6, 6.07) is 9.65. The summed E-state index contributed by atoms with van der Waals surface area (Å²) in [5, 5.41) is 27.5. The van der Waals surface area contributed by atoms with Gasteiger partial charge in [-0.2, -0.15) is 0 Å². The smallest absolute Gasteiger partial charge is 0.206 e. The van der Waals surface area contributed by atoms with Gasteiger partial charge in [-0.1, -0.05) is 11.6 Å². The van der Waals surface area contributed by atoms with Crippen molar-refractivity contribution in [3.8, 4) is 11.5 Å². The Bertz CT molecular complexity index is 872. The van der Waals surface area contributed by atoms with E-state index in [2.05, 4.69) is 0 Å². The lowest BCUT2D eigenvalue weighted by Gasteiger charge is -2.13. The molecule has 0 saturated carbocycles. The zero-order valence-electron chi connectivity index (χ0n) is 14.7. The van der Waals surface area contributed by atoms with Gasteiger partial charge in [0.1, 0.15) is 36.9 Å². The number of ether oxygens (including phenoxy) is 2. The van der Waals surface area contributed by atoms with Gasteiger partial charge in [0.15, 0.2) is 0 Å². The van der Waals surface area contributed by atoms with Crippen LogP contribution in [0.3, 0.4) is 0 Å². The first-order chi connectivity index (χ1) is 13.3. The highest BCUT2D eigenvalue weighted by Crippen LogP contribution is 2.31. The van der Waals surface area contributed by atoms with Crippen LogP contribution in [0.15, 0.2) is 52.3 Å². The molecule has 0 unspecified atom stereocenters. The third kappa shape index (κ3) is 5.97. The molecule has 7 nitrogen and oxygen atoms in total.